The summed E-state index contributed by atoms with van der Waals surface area (Å²) in [7, 11) is 2.91. The van der Waals surface area contributed by atoms with Gasteiger partial charge in [0.2, 0.25) is 0 Å². The summed E-state index contributed by atoms with van der Waals surface area (Å²) in [6, 6.07) is 8.92. The Morgan fingerprint density at radius 3 is 2.67 bits per heavy atom. The van der Waals surface area contributed by atoms with Crippen LogP contribution in [0.25, 0.3) is 0 Å². The van der Waals surface area contributed by atoms with Gasteiger partial charge in [-0.15, -0.1) is 0 Å². The molecule has 0 aliphatic heterocycles. The zero-order valence-corrected chi connectivity index (χ0v) is 14.0. The summed E-state index contributed by atoms with van der Waals surface area (Å²) in [6.07, 6.45) is 0. The summed E-state index contributed by atoms with van der Waals surface area (Å²) in [5.74, 6) is -0.709. The van der Waals surface area contributed by atoms with Crippen LogP contribution in [0.3, 0.4) is 0 Å². The van der Waals surface area contributed by atoms with Gasteiger partial charge in [0, 0.05) is 12.7 Å². The fourth-order valence-electron chi connectivity index (χ4n) is 1.98. The fourth-order valence-corrected chi connectivity index (χ4v) is 2.21. The van der Waals surface area contributed by atoms with E-state index in [0.29, 0.717) is 23.1 Å². The van der Waals surface area contributed by atoms with Gasteiger partial charge in [-0.25, -0.2) is 4.39 Å². The number of nitrogens with one attached hydrogen (secondary N) is 1. The number of halogens is 2. The van der Waals surface area contributed by atoms with Gasteiger partial charge in [0.1, 0.15) is 6.61 Å². The van der Waals surface area contributed by atoms with Crippen molar-refractivity contribution in [2.75, 3.05) is 32.8 Å². The molecule has 0 aliphatic rings. The summed E-state index contributed by atoms with van der Waals surface area (Å²) in [5, 5.41) is 3.01. The van der Waals surface area contributed by atoms with Crippen LogP contribution in [0.2, 0.25) is 5.02 Å². The van der Waals surface area contributed by atoms with Crippen LogP contribution in [0.15, 0.2) is 36.4 Å². The molecular formula is C17H17ClFNO4. The molecule has 1 amide bonds. The SMILES string of the molecule is COCCOc1c(Cl)cccc1NC(=O)c1ccc(OC)c(F)c1. The van der Waals surface area contributed by atoms with Crippen molar-refractivity contribution in [1.29, 1.82) is 0 Å². The molecule has 2 aromatic rings. The van der Waals surface area contributed by atoms with Gasteiger partial charge in [0.15, 0.2) is 17.3 Å². The fraction of sp³-hybridized carbons (Fsp3) is 0.235. The third-order valence-corrected chi connectivity index (χ3v) is 3.46. The molecular weight excluding hydrogens is 337 g/mol. The zero-order valence-electron chi connectivity index (χ0n) is 13.3. The third kappa shape index (κ3) is 4.37. The van der Waals surface area contributed by atoms with Crippen LogP contribution in [0.4, 0.5) is 10.1 Å². The number of carbonyl (C=O) groups is 1. The summed E-state index contributed by atoms with van der Waals surface area (Å²) < 4.78 is 29.0. The van der Waals surface area contributed by atoms with E-state index in [2.05, 4.69) is 5.32 Å². The summed E-state index contributed by atoms with van der Waals surface area (Å²) in [4.78, 5) is 12.3. The lowest BCUT2D eigenvalue weighted by Gasteiger charge is -2.14. The van der Waals surface area contributed by atoms with Gasteiger partial charge in [-0.2, -0.15) is 0 Å². The standard InChI is InChI=1S/C17H17ClFNO4/c1-22-8-9-24-16-12(18)4-3-5-14(16)20-17(21)11-6-7-15(23-2)13(19)10-11/h3-7,10H,8-9H2,1-2H3,(H,20,21). The van der Waals surface area contributed by atoms with E-state index in [1.54, 1.807) is 25.3 Å². The largest absolute Gasteiger partial charge is 0.494 e. The maximum atomic E-state index is 13.7. The van der Waals surface area contributed by atoms with Crippen molar-refractivity contribution in [2.45, 2.75) is 0 Å². The van der Waals surface area contributed by atoms with Crippen LogP contribution in [0.5, 0.6) is 11.5 Å². The highest BCUT2D eigenvalue weighted by Gasteiger charge is 2.14. The Kier molecular flexibility index (Phi) is 6.40. The Balaban J connectivity index is 2.19. The van der Waals surface area contributed by atoms with Crippen molar-refractivity contribution >= 4 is 23.2 Å². The zero-order chi connectivity index (χ0) is 17.5. The molecule has 7 heteroatoms. The van der Waals surface area contributed by atoms with E-state index < -0.39 is 11.7 Å². The molecule has 1 N–H and O–H groups in total. The monoisotopic (exact) mass is 353 g/mol. The van der Waals surface area contributed by atoms with E-state index in [1.165, 1.54) is 19.2 Å². The van der Waals surface area contributed by atoms with Gasteiger partial charge in [-0.3, -0.25) is 4.79 Å². The molecule has 0 fully saturated rings. The number of carbonyl (C=O) groups excluding carboxylic acids is 1. The first-order valence-electron chi connectivity index (χ1n) is 7.12. The van der Waals surface area contributed by atoms with Crippen LogP contribution in [-0.2, 0) is 4.74 Å². The number of anilines is 1. The van der Waals surface area contributed by atoms with Gasteiger partial charge in [-0.05, 0) is 30.3 Å². The van der Waals surface area contributed by atoms with E-state index in [1.807, 2.05) is 0 Å². The van der Waals surface area contributed by atoms with Gasteiger partial charge < -0.3 is 19.5 Å². The first-order valence-corrected chi connectivity index (χ1v) is 7.49. The van der Waals surface area contributed by atoms with Crippen LogP contribution in [-0.4, -0.2) is 33.3 Å². The van der Waals surface area contributed by atoms with Crippen molar-refractivity contribution in [3.8, 4) is 11.5 Å². The number of benzene rings is 2. The molecule has 2 rings (SSSR count). The van der Waals surface area contributed by atoms with Gasteiger partial charge >= 0.3 is 0 Å². The van der Waals surface area contributed by atoms with Crippen molar-refractivity contribution in [3.05, 3.63) is 52.8 Å². The topological polar surface area (TPSA) is 56.8 Å². The number of ether oxygens (including phenoxy) is 3. The second kappa shape index (κ2) is 8.52. The predicted octanol–water partition coefficient (Wildman–Crippen LogP) is 3.77. The highest BCUT2D eigenvalue weighted by molar-refractivity contribution is 6.32. The first kappa shape index (κ1) is 18.0. The molecule has 2 aromatic carbocycles. The third-order valence-electron chi connectivity index (χ3n) is 3.16. The molecule has 5 nitrogen and oxygen atoms in total. The second-order valence-corrected chi connectivity index (χ2v) is 5.17. The van der Waals surface area contributed by atoms with Crippen molar-refractivity contribution in [1.82, 2.24) is 0 Å². The predicted molar refractivity (Wildman–Crippen MR) is 89.7 cm³/mol. The summed E-state index contributed by atoms with van der Waals surface area (Å²) in [5.41, 5.74) is 0.538. The van der Waals surface area contributed by atoms with Crippen LogP contribution in [0, 0.1) is 5.82 Å². The van der Waals surface area contributed by atoms with E-state index in [0.717, 1.165) is 6.07 Å². The Bertz CT molecular complexity index is 724. The number of rotatable bonds is 7. The molecule has 0 bridgehead atoms. The number of amides is 1. The van der Waals surface area contributed by atoms with E-state index in [9.17, 15) is 9.18 Å². The Morgan fingerprint density at radius 1 is 1.21 bits per heavy atom. The summed E-state index contributed by atoms with van der Waals surface area (Å²) in [6.45, 7) is 0.655. The first-order chi connectivity index (χ1) is 11.6. The van der Waals surface area contributed by atoms with Crippen molar-refractivity contribution < 1.29 is 23.4 Å². The number of methoxy groups -OCH3 is 2. The molecule has 128 valence electrons. The smallest absolute Gasteiger partial charge is 0.255 e. The molecule has 0 aliphatic carbocycles. The molecule has 0 aromatic heterocycles. The Hall–Kier alpha value is -2.31. The van der Waals surface area contributed by atoms with Crippen molar-refractivity contribution in [2.24, 2.45) is 0 Å². The Labute approximate surface area is 144 Å². The van der Waals surface area contributed by atoms with Crippen molar-refractivity contribution in [3.63, 3.8) is 0 Å². The van der Waals surface area contributed by atoms with E-state index >= 15 is 0 Å². The van der Waals surface area contributed by atoms with Crippen LogP contribution < -0.4 is 14.8 Å². The minimum Gasteiger partial charge on any atom is -0.494 e. The molecule has 0 unspecified atom stereocenters. The lowest BCUT2D eigenvalue weighted by atomic mass is 10.2. The van der Waals surface area contributed by atoms with Crippen LogP contribution >= 0.6 is 11.6 Å². The number of hydrogen-bond acceptors (Lipinski definition) is 4. The second-order valence-electron chi connectivity index (χ2n) is 4.76. The average Bonchev–Trinajstić information content (AvgIpc) is 2.57. The molecule has 0 spiro atoms. The molecule has 0 saturated carbocycles. The van der Waals surface area contributed by atoms with Gasteiger partial charge in [-0.1, -0.05) is 17.7 Å². The van der Waals surface area contributed by atoms with Crippen LogP contribution in [0.1, 0.15) is 10.4 Å². The average molecular weight is 354 g/mol. The van der Waals surface area contributed by atoms with E-state index in [4.69, 9.17) is 25.8 Å². The minimum atomic E-state index is -0.618. The maximum absolute atomic E-state index is 13.7. The van der Waals surface area contributed by atoms with Gasteiger partial charge in [0.25, 0.3) is 5.91 Å². The highest BCUT2D eigenvalue weighted by Crippen LogP contribution is 2.33. The number of para-hydroxylation sites is 1. The normalized spacial score (nSPS) is 10.3. The molecule has 0 atom stereocenters. The minimum absolute atomic E-state index is 0.0675. The molecule has 0 heterocycles. The lowest BCUT2D eigenvalue weighted by Crippen LogP contribution is -2.14. The lowest BCUT2D eigenvalue weighted by molar-refractivity contribution is 0.102. The molecule has 0 saturated heterocycles. The number of hydrogen-bond donors (Lipinski definition) is 1. The molecule has 0 radical (unpaired) electrons. The maximum Gasteiger partial charge on any atom is 0.255 e. The Morgan fingerprint density at radius 2 is 2.00 bits per heavy atom. The summed E-state index contributed by atoms with van der Waals surface area (Å²) >= 11 is 6.11. The highest BCUT2D eigenvalue weighted by atomic mass is 35.5. The quantitative estimate of drug-likeness (QED) is 0.770. The van der Waals surface area contributed by atoms with Gasteiger partial charge in [0.05, 0.1) is 24.4 Å². The van der Waals surface area contributed by atoms with E-state index in [-0.39, 0.29) is 17.9 Å². The molecule has 24 heavy (non-hydrogen) atoms.